The normalized spacial score (nSPS) is 22.6. The van der Waals surface area contributed by atoms with Crippen LogP contribution < -0.4 is 16.5 Å². The minimum absolute atomic E-state index is 0.0316. The summed E-state index contributed by atoms with van der Waals surface area (Å²) in [6.45, 7) is 0. The molecule has 0 bridgehead atoms. The van der Waals surface area contributed by atoms with Crippen molar-refractivity contribution in [2.45, 2.75) is 11.4 Å². The molecule has 17 heteroatoms. The third-order valence-electron chi connectivity index (χ3n) is 5.65. The number of hydrazine groups is 1. The molecule has 5 N–H and O–H groups in total. The zero-order chi connectivity index (χ0) is 26.3. The second-order valence-electron chi connectivity index (χ2n) is 7.93. The smallest absolute Gasteiger partial charge is 0.352 e. The number of nitrogens with two attached hydrogens (primary N) is 1. The molecule has 1 fully saturated rings. The van der Waals surface area contributed by atoms with Gasteiger partial charge in [-0.15, -0.1) is 23.5 Å². The van der Waals surface area contributed by atoms with Crippen LogP contribution in [0.2, 0.25) is 0 Å². The van der Waals surface area contributed by atoms with E-state index in [0.717, 1.165) is 22.4 Å². The first-order chi connectivity index (χ1) is 17.8. The topological polar surface area (TPSA) is 179 Å². The molecule has 0 unspecified atom stereocenters. The number of aromatic nitrogens is 2. The molecule has 0 saturated carbocycles. The first-order valence-corrected chi connectivity index (χ1v) is 13.5. The molecule has 37 heavy (non-hydrogen) atoms. The Morgan fingerprint density at radius 3 is 2.92 bits per heavy atom. The van der Waals surface area contributed by atoms with Crippen LogP contribution in [0.25, 0.3) is 0 Å². The summed E-state index contributed by atoms with van der Waals surface area (Å²) in [5.41, 5.74) is 9.17. The van der Waals surface area contributed by atoms with Gasteiger partial charge in [0.15, 0.2) is 5.13 Å². The number of carboxylic acids is 1. The van der Waals surface area contributed by atoms with Crippen LogP contribution in [-0.2, 0) is 19.2 Å². The molecule has 2 amide bonds. The van der Waals surface area contributed by atoms with Gasteiger partial charge in [0, 0.05) is 42.5 Å². The van der Waals surface area contributed by atoms with Crippen LogP contribution in [0.1, 0.15) is 5.82 Å². The van der Waals surface area contributed by atoms with E-state index in [0.29, 0.717) is 17.1 Å². The van der Waals surface area contributed by atoms with E-state index in [4.69, 9.17) is 10.6 Å². The lowest BCUT2D eigenvalue weighted by Crippen LogP contribution is -2.71. The zero-order valence-corrected chi connectivity index (χ0v) is 21.9. The van der Waals surface area contributed by atoms with Gasteiger partial charge >= 0.3 is 5.97 Å². The molecule has 0 radical (unpaired) electrons. The second kappa shape index (κ2) is 9.98. The van der Waals surface area contributed by atoms with Gasteiger partial charge in [0.2, 0.25) is 11.5 Å². The number of nitrogens with one attached hydrogen (secondary N) is 2. The van der Waals surface area contributed by atoms with Crippen LogP contribution in [0.15, 0.2) is 51.8 Å². The number of carbonyl (C=O) groups excluding carboxylic acids is 2. The van der Waals surface area contributed by atoms with Gasteiger partial charge in [-0.05, 0) is 17.7 Å². The van der Waals surface area contributed by atoms with E-state index in [1.807, 2.05) is 41.5 Å². The van der Waals surface area contributed by atoms with E-state index in [1.54, 1.807) is 0 Å². The molecule has 1 saturated heterocycles. The first kappa shape index (κ1) is 25.0. The molecule has 5 rings (SSSR count). The maximum atomic E-state index is 13.0. The summed E-state index contributed by atoms with van der Waals surface area (Å²) in [6, 6.07) is -0.940. The third-order valence-corrected chi connectivity index (χ3v) is 8.56. The lowest BCUT2D eigenvalue weighted by molar-refractivity contribution is -0.150. The van der Waals surface area contributed by atoms with Crippen LogP contribution in [0.5, 0.6) is 0 Å². The SMILES string of the molecule is CO/N=C(\C(=O)N[C@@H]1C(=O)N2C(C(=O)O)=C(CSC3=CC=C4N(C)C=CN4N3)CS[C@@H]12)c1nsc(N)n1. The standard InChI is InChI=1S/C20H21N9O5S3/c1-27-5-6-28-11(27)4-3-10(24-28)35-7-9-8-36-18-13(17(31)29(18)14(9)19(32)33)22-16(30)12(25-34-2)15-23-20(21)37-26-15/h3-6,13,18,24H,7-8H2,1-2H3,(H,22,30)(H,32,33)(H2,21,23,26)/b25-12-/t13-,18+/m1/s1. The van der Waals surface area contributed by atoms with Crippen molar-refractivity contribution >= 4 is 63.7 Å². The average molecular weight is 564 g/mol. The number of nitrogen functional groups attached to an aromatic ring is 1. The lowest BCUT2D eigenvalue weighted by atomic mass is 10.0. The third kappa shape index (κ3) is 4.60. The molecule has 0 spiro atoms. The number of carboxylic acid groups (broad SMARTS) is 1. The van der Waals surface area contributed by atoms with Gasteiger partial charge in [0.25, 0.3) is 11.8 Å². The lowest BCUT2D eigenvalue weighted by Gasteiger charge is -2.49. The van der Waals surface area contributed by atoms with E-state index in [2.05, 4.69) is 25.3 Å². The summed E-state index contributed by atoms with van der Waals surface area (Å²) in [5.74, 6) is -0.752. The Morgan fingerprint density at radius 1 is 1.41 bits per heavy atom. The number of carbonyl (C=O) groups is 3. The fourth-order valence-corrected chi connectivity index (χ4v) is 6.75. The number of anilines is 1. The quantitative estimate of drug-likeness (QED) is 0.187. The van der Waals surface area contributed by atoms with Crippen molar-refractivity contribution < 1.29 is 24.3 Å². The molecule has 0 aliphatic carbocycles. The van der Waals surface area contributed by atoms with Gasteiger partial charge in [0.05, 0.1) is 5.03 Å². The minimum atomic E-state index is -1.19. The molecule has 5 heterocycles. The molecule has 194 valence electrons. The number of nitrogens with zero attached hydrogens (tertiary/aromatic N) is 6. The number of allylic oxidation sites excluding steroid dienone is 2. The summed E-state index contributed by atoms with van der Waals surface area (Å²) in [5, 5.41) is 18.5. The summed E-state index contributed by atoms with van der Waals surface area (Å²) >= 11 is 3.70. The van der Waals surface area contributed by atoms with Gasteiger partial charge in [-0.25, -0.2) is 9.80 Å². The Hall–Kier alpha value is -3.70. The molecule has 4 aliphatic rings. The van der Waals surface area contributed by atoms with E-state index >= 15 is 0 Å². The fourth-order valence-electron chi connectivity index (χ4n) is 3.94. The highest BCUT2D eigenvalue weighted by molar-refractivity contribution is 8.03. The maximum absolute atomic E-state index is 13.0. The molecule has 2 atom stereocenters. The van der Waals surface area contributed by atoms with Crippen LogP contribution in [0.4, 0.5) is 5.13 Å². The van der Waals surface area contributed by atoms with Crippen molar-refractivity contribution in [1.29, 1.82) is 0 Å². The highest BCUT2D eigenvalue weighted by Gasteiger charge is 2.54. The van der Waals surface area contributed by atoms with Gasteiger partial charge in [-0.1, -0.05) is 5.16 Å². The van der Waals surface area contributed by atoms with Crippen LogP contribution in [0, 0.1) is 0 Å². The van der Waals surface area contributed by atoms with Crippen molar-refractivity contribution in [2.24, 2.45) is 5.16 Å². The number of fused-ring (bicyclic) bond motifs is 2. The Labute approximate surface area is 223 Å². The number of thioether (sulfide) groups is 2. The summed E-state index contributed by atoms with van der Waals surface area (Å²) < 4.78 is 3.96. The molecule has 1 aromatic heterocycles. The van der Waals surface area contributed by atoms with Crippen molar-refractivity contribution in [1.82, 2.24) is 34.9 Å². The molecule has 14 nitrogen and oxygen atoms in total. The van der Waals surface area contributed by atoms with E-state index in [1.165, 1.54) is 35.5 Å². The molecular formula is C20H21N9O5S3. The molecule has 4 aliphatic heterocycles. The van der Waals surface area contributed by atoms with Crippen molar-refractivity contribution in [3.8, 4) is 0 Å². The number of hydrogen-bond donors (Lipinski definition) is 4. The van der Waals surface area contributed by atoms with E-state index in [9.17, 15) is 19.5 Å². The Balaban J connectivity index is 1.27. The van der Waals surface area contributed by atoms with Gasteiger partial charge in [-0.3, -0.25) is 19.9 Å². The van der Waals surface area contributed by atoms with Crippen LogP contribution in [0.3, 0.4) is 0 Å². The first-order valence-electron chi connectivity index (χ1n) is 10.7. The van der Waals surface area contributed by atoms with Gasteiger partial charge in [-0.2, -0.15) is 9.36 Å². The van der Waals surface area contributed by atoms with Crippen molar-refractivity contribution in [2.75, 3.05) is 31.4 Å². The molecule has 1 aromatic rings. The number of β-lactam (4-membered cyclic amide) rings is 1. The number of oxime groups is 1. The van der Waals surface area contributed by atoms with Crippen LogP contribution in [-0.4, -0.2) is 89.8 Å². The zero-order valence-electron chi connectivity index (χ0n) is 19.4. The fraction of sp³-hybridized carbons (Fsp3) is 0.300. The number of amides is 2. The van der Waals surface area contributed by atoms with Gasteiger partial charge < -0.3 is 25.9 Å². The molecule has 0 aromatic carbocycles. The monoisotopic (exact) mass is 563 g/mol. The maximum Gasteiger partial charge on any atom is 0.352 e. The second-order valence-corrected chi connectivity index (χ2v) is 10.8. The highest BCUT2D eigenvalue weighted by Crippen LogP contribution is 2.41. The number of aliphatic carboxylic acids is 1. The van der Waals surface area contributed by atoms with Crippen LogP contribution >= 0.6 is 35.1 Å². The van der Waals surface area contributed by atoms with Gasteiger partial charge in [0.1, 0.15) is 30.0 Å². The average Bonchev–Trinajstić information content (AvgIpc) is 3.48. The Bertz CT molecular complexity index is 1320. The Morgan fingerprint density at radius 2 is 2.22 bits per heavy atom. The summed E-state index contributed by atoms with van der Waals surface area (Å²) in [7, 11) is 3.19. The minimum Gasteiger partial charge on any atom is -0.477 e. The number of rotatable bonds is 8. The predicted octanol–water partition coefficient (Wildman–Crippen LogP) is -0.138. The van der Waals surface area contributed by atoms with Crippen molar-refractivity contribution in [3.05, 3.63) is 52.5 Å². The van der Waals surface area contributed by atoms with E-state index in [-0.39, 0.29) is 22.4 Å². The predicted molar refractivity (Wildman–Crippen MR) is 138 cm³/mol. The van der Waals surface area contributed by atoms with E-state index < -0.39 is 29.2 Å². The summed E-state index contributed by atoms with van der Waals surface area (Å²) in [4.78, 5) is 49.8. The summed E-state index contributed by atoms with van der Waals surface area (Å²) in [6.07, 6.45) is 7.68. The molecular weight excluding hydrogens is 542 g/mol. The Kier molecular flexibility index (Phi) is 6.74. The van der Waals surface area contributed by atoms with Crippen molar-refractivity contribution in [3.63, 3.8) is 0 Å². The number of hydrogen-bond acceptors (Lipinski definition) is 14. The highest BCUT2D eigenvalue weighted by atomic mass is 32.2. The largest absolute Gasteiger partial charge is 0.477 e.